The molecule has 0 saturated carbocycles. The fourth-order valence-electron chi connectivity index (χ4n) is 3.43. The standard InChI is InChI=1S/C18H24N4O2/c1-12-18(13(2)24-21-12)16-11-15(4-8-20-16)14-5-9-22(10-6-14)17(23)3-7-19/h4,8,11,14H,3,5-7,9-10,19H2,1-2H3. The van der Waals surface area contributed by atoms with E-state index in [1.807, 2.05) is 24.9 Å². The number of aromatic nitrogens is 2. The minimum absolute atomic E-state index is 0.169. The Hall–Kier alpha value is -2.21. The van der Waals surface area contributed by atoms with Crippen molar-refractivity contribution in [3.63, 3.8) is 0 Å². The van der Waals surface area contributed by atoms with Gasteiger partial charge in [-0.25, -0.2) is 0 Å². The van der Waals surface area contributed by atoms with E-state index in [1.165, 1.54) is 5.56 Å². The molecule has 0 spiro atoms. The number of pyridine rings is 1. The van der Waals surface area contributed by atoms with Gasteiger partial charge >= 0.3 is 0 Å². The van der Waals surface area contributed by atoms with Gasteiger partial charge < -0.3 is 15.2 Å². The molecular formula is C18H24N4O2. The highest BCUT2D eigenvalue weighted by atomic mass is 16.5. The van der Waals surface area contributed by atoms with Crippen LogP contribution < -0.4 is 5.73 Å². The molecule has 0 aliphatic carbocycles. The van der Waals surface area contributed by atoms with E-state index in [2.05, 4.69) is 22.3 Å². The van der Waals surface area contributed by atoms with Crippen molar-refractivity contribution in [1.29, 1.82) is 0 Å². The van der Waals surface area contributed by atoms with Gasteiger partial charge in [0.25, 0.3) is 0 Å². The maximum absolute atomic E-state index is 11.9. The molecule has 1 saturated heterocycles. The molecule has 1 aliphatic heterocycles. The molecule has 2 aromatic heterocycles. The van der Waals surface area contributed by atoms with Crippen molar-refractivity contribution in [3.05, 3.63) is 35.3 Å². The highest BCUT2D eigenvalue weighted by Crippen LogP contribution is 2.32. The van der Waals surface area contributed by atoms with E-state index in [1.54, 1.807) is 0 Å². The minimum Gasteiger partial charge on any atom is -0.361 e. The summed E-state index contributed by atoms with van der Waals surface area (Å²) in [6.07, 6.45) is 4.24. The molecule has 1 fully saturated rings. The molecule has 128 valence electrons. The zero-order valence-corrected chi connectivity index (χ0v) is 14.3. The molecule has 3 rings (SSSR count). The Labute approximate surface area is 142 Å². The molecule has 2 N–H and O–H groups in total. The second kappa shape index (κ2) is 7.13. The molecule has 0 unspecified atom stereocenters. The van der Waals surface area contributed by atoms with Crippen LogP contribution in [0.3, 0.4) is 0 Å². The molecule has 6 nitrogen and oxygen atoms in total. The number of rotatable bonds is 4. The second-order valence-corrected chi connectivity index (χ2v) is 6.37. The molecule has 0 radical (unpaired) electrons. The van der Waals surface area contributed by atoms with Crippen molar-refractivity contribution in [1.82, 2.24) is 15.0 Å². The summed E-state index contributed by atoms with van der Waals surface area (Å²) >= 11 is 0. The first-order chi connectivity index (χ1) is 11.6. The first-order valence-electron chi connectivity index (χ1n) is 8.47. The lowest BCUT2D eigenvalue weighted by Crippen LogP contribution is -2.38. The van der Waals surface area contributed by atoms with Crippen LogP contribution in [0.15, 0.2) is 22.9 Å². The van der Waals surface area contributed by atoms with Gasteiger partial charge in [-0.05, 0) is 50.3 Å². The Morgan fingerprint density at radius 1 is 1.38 bits per heavy atom. The van der Waals surface area contributed by atoms with Crippen LogP contribution in [0.4, 0.5) is 0 Å². The summed E-state index contributed by atoms with van der Waals surface area (Å²) in [4.78, 5) is 18.4. The van der Waals surface area contributed by atoms with Crippen LogP contribution in [0.1, 0.15) is 42.2 Å². The molecule has 0 bridgehead atoms. The normalized spacial score (nSPS) is 15.7. The Balaban J connectivity index is 1.73. The summed E-state index contributed by atoms with van der Waals surface area (Å²) in [6, 6.07) is 4.21. The summed E-state index contributed by atoms with van der Waals surface area (Å²) in [7, 11) is 0. The SMILES string of the molecule is Cc1noc(C)c1-c1cc(C2CCN(C(=O)CCN)CC2)ccn1. The highest BCUT2D eigenvalue weighted by molar-refractivity contribution is 5.76. The van der Waals surface area contributed by atoms with E-state index in [4.69, 9.17) is 10.3 Å². The van der Waals surface area contributed by atoms with Crippen LogP contribution in [-0.4, -0.2) is 40.6 Å². The van der Waals surface area contributed by atoms with E-state index in [0.29, 0.717) is 18.9 Å². The van der Waals surface area contributed by atoms with Crippen LogP contribution in [0.5, 0.6) is 0 Å². The zero-order valence-electron chi connectivity index (χ0n) is 14.3. The third-order valence-electron chi connectivity index (χ3n) is 4.75. The summed E-state index contributed by atoms with van der Waals surface area (Å²) in [6.45, 7) is 5.86. The summed E-state index contributed by atoms with van der Waals surface area (Å²) in [5, 5.41) is 4.01. The maximum atomic E-state index is 11.9. The Kier molecular flexibility index (Phi) is 4.94. The predicted molar refractivity (Wildman–Crippen MR) is 91.4 cm³/mol. The number of carbonyl (C=O) groups excluding carboxylic acids is 1. The van der Waals surface area contributed by atoms with Gasteiger partial charge in [-0.2, -0.15) is 0 Å². The quantitative estimate of drug-likeness (QED) is 0.931. The number of hydrogen-bond donors (Lipinski definition) is 1. The number of hydrogen-bond acceptors (Lipinski definition) is 5. The van der Waals surface area contributed by atoms with Crippen molar-refractivity contribution in [2.24, 2.45) is 5.73 Å². The minimum atomic E-state index is 0.169. The molecule has 3 heterocycles. The Morgan fingerprint density at radius 2 is 2.12 bits per heavy atom. The van der Waals surface area contributed by atoms with Crippen LogP contribution in [0, 0.1) is 13.8 Å². The molecule has 1 aliphatic rings. The number of aryl methyl sites for hydroxylation is 2. The van der Waals surface area contributed by atoms with Crippen molar-refractivity contribution in [2.45, 2.75) is 39.0 Å². The molecule has 1 amide bonds. The predicted octanol–water partition coefficient (Wildman–Crippen LogP) is 2.41. The van der Waals surface area contributed by atoms with E-state index in [0.717, 1.165) is 48.6 Å². The third kappa shape index (κ3) is 3.33. The topological polar surface area (TPSA) is 85.2 Å². The Morgan fingerprint density at radius 3 is 2.75 bits per heavy atom. The monoisotopic (exact) mass is 328 g/mol. The van der Waals surface area contributed by atoms with Gasteiger partial charge in [0, 0.05) is 32.3 Å². The average molecular weight is 328 g/mol. The van der Waals surface area contributed by atoms with Gasteiger partial charge in [0.15, 0.2) is 0 Å². The van der Waals surface area contributed by atoms with Crippen molar-refractivity contribution >= 4 is 5.91 Å². The van der Waals surface area contributed by atoms with Crippen molar-refractivity contribution < 1.29 is 9.32 Å². The van der Waals surface area contributed by atoms with E-state index in [-0.39, 0.29) is 5.91 Å². The lowest BCUT2D eigenvalue weighted by molar-refractivity contribution is -0.132. The summed E-state index contributed by atoms with van der Waals surface area (Å²) < 4.78 is 5.25. The molecule has 0 atom stereocenters. The average Bonchev–Trinajstić information content (AvgIpc) is 2.94. The molecular weight excluding hydrogens is 304 g/mol. The molecule has 2 aromatic rings. The largest absolute Gasteiger partial charge is 0.361 e. The number of nitrogens with two attached hydrogens (primary N) is 1. The molecule has 6 heteroatoms. The summed E-state index contributed by atoms with van der Waals surface area (Å²) in [5.41, 5.74) is 9.49. The van der Waals surface area contributed by atoms with Gasteiger partial charge in [0.2, 0.25) is 5.91 Å². The smallest absolute Gasteiger partial charge is 0.223 e. The Bertz CT molecular complexity index is 698. The van der Waals surface area contributed by atoms with Gasteiger partial charge in [0.05, 0.1) is 17.0 Å². The molecule has 0 aromatic carbocycles. The number of piperidine rings is 1. The number of carbonyl (C=O) groups is 1. The van der Waals surface area contributed by atoms with Crippen molar-refractivity contribution in [3.8, 4) is 11.3 Å². The lowest BCUT2D eigenvalue weighted by Gasteiger charge is -2.32. The lowest BCUT2D eigenvalue weighted by atomic mass is 9.89. The van der Waals surface area contributed by atoms with E-state index >= 15 is 0 Å². The van der Waals surface area contributed by atoms with Gasteiger partial charge in [0.1, 0.15) is 5.76 Å². The first-order valence-corrected chi connectivity index (χ1v) is 8.47. The fraction of sp³-hybridized carbons (Fsp3) is 0.500. The maximum Gasteiger partial charge on any atom is 0.223 e. The number of likely N-dealkylation sites (tertiary alicyclic amines) is 1. The van der Waals surface area contributed by atoms with Gasteiger partial charge in [-0.1, -0.05) is 5.16 Å². The zero-order chi connectivity index (χ0) is 17.1. The van der Waals surface area contributed by atoms with E-state index in [9.17, 15) is 4.79 Å². The van der Waals surface area contributed by atoms with Crippen LogP contribution in [-0.2, 0) is 4.79 Å². The first kappa shape index (κ1) is 16.6. The van der Waals surface area contributed by atoms with Gasteiger partial charge in [-0.15, -0.1) is 0 Å². The fourth-order valence-corrected chi connectivity index (χ4v) is 3.43. The van der Waals surface area contributed by atoms with Crippen LogP contribution >= 0.6 is 0 Å². The van der Waals surface area contributed by atoms with Gasteiger partial charge in [-0.3, -0.25) is 9.78 Å². The van der Waals surface area contributed by atoms with E-state index < -0.39 is 0 Å². The summed E-state index contributed by atoms with van der Waals surface area (Å²) in [5.74, 6) is 1.41. The second-order valence-electron chi connectivity index (χ2n) is 6.37. The third-order valence-corrected chi connectivity index (χ3v) is 4.75. The van der Waals surface area contributed by atoms with Crippen molar-refractivity contribution in [2.75, 3.05) is 19.6 Å². The number of amides is 1. The van der Waals surface area contributed by atoms with Crippen LogP contribution in [0.25, 0.3) is 11.3 Å². The molecule has 24 heavy (non-hydrogen) atoms. The highest BCUT2D eigenvalue weighted by Gasteiger charge is 2.24. The van der Waals surface area contributed by atoms with Crippen LogP contribution in [0.2, 0.25) is 0 Å². The number of nitrogens with zero attached hydrogens (tertiary/aromatic N) is 3.